The van der Waals surface area contributed by atoms with Gasteiger partial charge in [0, 0.05) is 13.7 Å². The topological polar surface area (TPSA) is 29.5 Å². The predicted octanol–water partition coefficient (Wildman–Crippen LogP) is 1.46. The maximum Gasteiger partial charge on any atom is 0.316 e. The second-order valence-electron chi connectivity index (χ2n) is 2.73. The first-order valence-electron chi connectivity index (χ1n) is 3.72. The minimum atomic E-state index is -0.402. The van der Waals surface area contributed by atoms with E-state index in [0.717, 1.165) is 19.4 Å². The lowest BCUT2D eigenvalue weighted by Gasteiger charge is -2.29. The molecule has 1 aliphatic rings. The van der Waals surface area contributed by atoms with Crippen LogP contribution >= 0.6 is 11.6 Å². The summed E-state index contributed by atoms with van der Waals surface area (Å²) in [6.45, 7) is 1.43. The fourth-order valence-electron chi connectivity index (χ4n) is 1.17. The van der Waals surface area contributed by atoms with Gasteiger partial charge in [-0.2, -0.15) is 0 Å². The average Bonchev–Trinajstić information content (AvgIpc) is 2.05. The summed E-state index contributed by atoms with van der Waals surface area (Å²) >= 11 is 5.29. The van der Waals surface area contributed by atoms with Gasteiger partial charge < -0.3 is 9.64 Å². The summed E-state index contributed by atoms with van der Waals surface area (Å²) < 4.78 is 5.20. The zero-order valence-corrected chi connectivity index (χ0v) is 7.30. The Morgan fingerprint density at radius 1 is 1.73 bits per heavy atom. The minimum absolute atomic E-state index is 0.175. The molecule has 0 spiro atoms. The van der Waals surface area contributed by atoms with Crippen LogP contribution in [0.3, 0.4) is 0 Å². The lowest BCUT2D eigenvalue weighted by atomic mass is 10.1. The lowest BCUT2D eigenvalue weighted by molar-refractivity contribution is 0.0426. The Morgan fingerprint density at radius 3 is 2.91 bits per heavy atom. The molecule has 0 bridgehead atoms. The van der Waals surface area contributed by atoms with E-state index in [4.69, 9.17) is 16.3 Å². The molecule has 1 rings (SSSR count). The fourth-order valence-corrected chi connectivity index (χ4v) is 1.31. The molecule has 64 valence electrons. The maximum atomic E-state index is 10.7. The number of nitrogens with zero attached hydrogens (tertiary/aromatic N) is 1. The van der Waals surface area contributed by atoms with Gasteiger partial charge in [-0.05, 0) is 24.4 Å². The summed E-state index contributed by atoms with van der Waals surface area (Å²) in [5.74, 6) is 0. The van der Waals surface area contributed by atoms with Crippen molar-refractivity contribution in [3.63, 3.8) is 0 Å². The first-order valence-corrected chi connectivity index (χ1v) is 4.09. The number of carbonyl (C=O) groups is 1. The largest absolute Gasteiger partial charge is 0.379 e. The smallest absolute Gasteiger partial charge is 0.316 e. The van der Waals surface area contributed by atoms with Crippen LogP contribution in [-0.2, 0) is 4.74 Å². The lowest BCUT2D eigenvalue weighted by Crippen LogP contribution is -2.39. The highest BCUT2D eigenvalue weighted by Crippen LogP contribution is 2.12. The summed E-state index contributed by atoms with van der Waals surface area (Å²) in [6, 6.07) is 0.175. The number of ether oxygens (including phenoxy) is 1. The van der Waals surface area contributed by atoms with Crippen LogP contribution in [0.5, 0.6) is 0 Å². The van der Waals surface area contributed by atoms with Gasteiger partial charge in [-0.25, -0.2) is 0 Å². The summed E-state index contributed by atoms with van der Waals surface area (Å²) in [4.78, 5) is 12.2. The summed E-state index contributed by atoms with van der Waals surface area (Å²) in [7, 11) is 1.70. The summed E-state index contributed by atoms with van der Waals surface area (Å²) in [5, 5.41) is -0.402. The highest BCUT2D eigenvalue weighted by molar-refractivity contribution is 6.62. The number of hydrogen-bond acceptors (Lipinski definition) is 2. The van der Waals surface area contributed by atoms with Crippen LogP contribution in [0.2, 0.25) is 0 Å². The molecule has 0 aromatic carbocycles. The Kier molecular flexibility index (Phi) is 3.15. The number of rotatable bonds is 1. The van der Waals surface area contributed by atoms with Crippen molar-refractivity contribution in [2.45, 2.75) is 18.9 Å². The van der Waals surface area contributed by atoms with E-state index in [-0.39, 0.29) is 6.04 Å². The molecule has 3 nitrogen and oxygen atoms in total. The molecule has 0 N–H and O–H groups in total. The highest BCUT2D eigenvalue weighted by atomic mass is 35.5. The predicted molar refractivity (Wildman–Crippen MR) is 42.9 cm³/mol. The van der Waals surface area contributed by atoms with Crippen molar-refractivity contribution in [3.8, 4) is 0 Å². The highest BCUT2D eigenvalue weighted by Gasteiger charge is 2.20. The van der Waals surface area contributed by atoms with E-state index >= 15 is 0 Å². The van der Waals surface area contributed by atoms with Crippen LogP contribution in [0.25, 0.3) is 0 Å². The minimum Gasteiger partial charge on any atom is -0.379 e. The normalized spacial score (nSPS) is 24.7. The monoisotopic (exact) mass is 177 g/mol. The molecule has 0 aliphatic carbocycles. The van der Waals surface area contributed by atoms with E-state index in [1.165, 1.54) is 4.90 Å². The molecular formula is C7H12ClNO2. The zero-order chi connectivity index (χ0) is 8.27. The molecule has 1 saturated heterocycles. The third kappa shape index (κ3) is 2.34. The van der Waals surface area contributed by atoms with E-state index in [1.54, 1.807) is 7.05 Å². The molecular weight excluding hydrogens is 166 g/mol. The Hall–Kier alpha value is -0.280. The van der Waals surface area contributed by atoms with Crippen LogP contribution < -0.4 is 0 Å². The van der Waals surface area contributed by atoms with Crippen molar-refractivity contribution in [1.82, 2.24) is 4.90 Å². The molecule has 4 heteroatoms. The standard InChI is InChI=1S/C7H12ClNO2/c1-9(7(8)10)6-3-2-4-11-5-6/h6H,2-5H2,1H3. The van der Waals surface area contributed by atoms with E-state index in [2.05, 4.69) is 0 Å². The van der Waals surface area contributed by atoms with Crippen LogP contribution in [-0.4, -0.2) is 36.6 Å². The summed E-state index contributed by atoms with van der Waals surface area (Å²) in [6.07, 6.45) is 2.01. The molecule has 0 radical (unpaired) electrons. The molecule has 1 heterocycles. The molecule has 1 fully saturated rings. The van der Waals surface area contributed by atoms with Gasteiger partial charge in [-0.3, -0.25) is 4.79 Å². The number of carbonyl (C=O) groups excluding carboxylic acids is 1. The van der Waals surface area contributed by atoms with Crippen LogP contribution in [0, 0.1) is 0 Å². The third-order valence-electron chi connectivity index (χ3n) is 1.96. The van der Waals surface area contributed by atoms with Gasteiger partial charge in [0.25, 0.3) is 0 Å². The van der Waals surface area contributed by atoms with E-state index in [0.29, 0.717) is 6.61 Å². The molecule has 0 aromatic heterocycles. The van der Waals surface area contributed by atoms with Gasteiger partial charge in [0.15, 0.2) is 0 Å². The van der Waals surface area contributed by atoms with Crippen molar-refractivity contribution in [2.24, 2.45) is 0 Å². The van der Waals surface area contributed by atoms with Crippen LogP contribution in [0.1, 0.15) is 12.8 Å². The fraction of sp³-hybridized carbons (Fsp3) is 0.857. The van der Waals surface area contributed by atoms with Crippen molar-refractivity contribution in [3.05, 3.63) is 0 Å². The van der Waals surface area contributed by atoms with Crippen molar-refractivity contribution in [1.29, 1.82) is 0 Å². The van der Waals surface area contributed by atoms with Gasteiger partial charge in [0.1, 0.15) is 0 Å². The van der Waals surface area contributed by atoms with Crippen LogP contribution in [0.4, 0.5) is 4.79 Å². The molecule has 11 heavy (non-hydrogen) atoms. The quantitative estimate of drug-likeness (QED) is 0.448. The molecule has 0 saturated carbocycles. The van der Waals surface area contributed by atoms with Gasteiger partial charge >= 0.3 is 5.37 Å². The number of amides is 1. The zero-order valence-electron chi connectivity index (χ0n) is 6.55. The van der Waals surface area contributed by atoms with Gasteiger partial charge in [-0.1, -0.05) is 0 Å². The Morgan fingerprint density at radius 2 is 2.45 bits per heavy atom. The summed E-state index contributed by atoms with van der Waals surface area (Å²) in [5.41, 5.74) is 0. The first kappa shape index (κ1) is 8.81. The van der Waals surface area contributed by atoms with Crippen LogP contribution in [0.15, 0.2) is 0 Å². The van der Waals surface area contributed by atoms with Gasteiger partial charge in [-0.15, -0.1) is 0 Å². The number of hydrogen-bond donors (Lipinski definition) is 0. The average molecular weight is 178 g/mol. The van der Waals surface area contributed by atoms with Gasteiger partial charge in [0.05, 0.1) is 12.6 Å². The Labute approximate surface area is 71.3 Å². The van der Waals surface area contributed by atoms with E-state index in [1.807, 2.05) is 0 Å². The van der Waals surface area contributed by atoms with Crippen molar-refractivity contribution in [2.75, 3.05) is 20.3 Å². The second-order valence-corrected chi connectivity index (χ2v) is 3.06. The third-order valence-corrected chi connectivity index (χ3v) is 2.23. The molecule has 1 atom stereocenters. The number of likely N-dealkylation sites (N-methyl/N-ethyl adjacent to an activating group) is 1. The molecule has 1 aliphatic heterocycles. The molecule has 1 unspecified atom stereocenters. The Balaban J connectivity index is 2.38. The molecule has 1 amide bonds. The first-order chi connectivity index (χ1) is 5.22. The van der Waals surface area contributed by atoms with Crippen molar-refractivity contribution < 1.29 is 9.53 Å². The van der Waals surface area contributed by atoms with E-state index in [9.17, 15) is 4.79 Å². The SMILES string of the molecule is CN(C(=O)Cl)C1CCCOC1. The van der Waals surface area contributed by atoms with Gasteiger partial charge in [0.2, 0.25) is 0 Å². The van der Waals surface area contributed by atoms with Crippen molar-refractivity contribution >= 4 is 17.0 Å². The maximum absolute atomic E-state index is 10.7. The van der Waals surface area contributed by atoms with E-state index < -0.39 is 5.37 Å². The second kappa shape index (κ2) is 3.93. The Bertz CT molecular complexity index is 145. The molecule has 0 aromatic rings. The number of halogens is 1.